The zero-order valence-electron chi connectivity index (χ0n) is 9.84. The summed E-state index contributed by atoms with van der Waals surface area (Å²) in [6, 6.07) is 0. The summed E-state index contributed by atoms with van der Waals surface area (Å²) in [4.78, 5) is 28.7. The van der Waals surface area contributed by atoms with Gasteiger partial charge < -0.3 is 19.0 Å². The van der Waals surface area contributed by atoms with Gasteiger partial charge in [0.1, 0.15) is 13.2 Å². The van der Waals surface area contributed by atoms with Crippen molar-refractivity contribution in [2.45, 2.75) is 6.92 Å². The highest BCUT2D eigenvalue weighted by atomic mass is 31.2. The Morgan fingerprint density at radius 1 is 1.44 bits per heavy atom. The van der Waals surface area contributed by atoms with Gasteiger partial charge in [0, 0.05) is 5.57 Å². The number of rotatable bonds is 6. The van der Waals surface area contributed by atoms with Crippen molar-refractivity contribution in [3.8, 4) is 0 Å². The van der Waals surface area contributed by atoms with E-state index in [0.29, 0.717) is 12.1 Å². The van der Waals surface area contributed by atoms with Gasteiger partial charge in [0.15, 0.2) is 6.29 Å². The molecule has 0 saturated carbocycles. The van der Waals surface area contributed by atoms with Crippen molar-refractivity contribution in [1.29, 1.82) is 0 Å². The minimum Gasteiger partial charge on any atom is -0.456 e. The Hall–Kier alpha value is -0.680. The van der Waals surface area contributed by atoms with E-state index in [0.717, 1.165) is 0 Å². The van der Waals surface area contributed by atoms with Crippen molar-refractivity contribution in [3.05, 3.63) is 12.2 Å². The van der Waals surface area contributed by atoms with Gasteiger partial charge in [0.05, 0.1) is 14.1 Å². The summed E-state index contributed by atoms with van der Waals surface area (Å²) in [7, 11) is -0.735. The Kier molecular flexibility index (Phi) is 5.35. The molecular weight excluding hydrogens is 233 g/mol. The summed E-state index contributed by atoms with van der Waals surface area (Å²) >= 11 is 0. The lowest BCUT2D eigenvalue weighted by molar-refractivity contribution is -0.879. The normalized spacial score (nSPS) is 12.3. The van der Waals surface area contributed by atoms with Crippen LogP contribution in [0.2, 0.25) is 0 Å². The average molecular weight is 252 g/mol. The lowest BCUT2D eigenvalue weighted by atomic mass is 10.4. The number of carbonyl (C=O) groups is 1. The molecule has 0 aromatic carbocycles. The largest absolute Gasteiger partial charge is 0.456 e. The SMILES string of the molecule is C=C(C)C(=O)OCC[N+](C)(C)CP(=O)(O)O. The van der Waals surface area contributed by atoms with Crippen LogP contribution in [0.1, 0.15) is 6.92 Å². The number of esters is 1. The Labute approximate surface area is 95.3 Å². The lowest BCUT2D eigenvalue weighted by Gasteiger charge is -2.29. The van der Waals surface area contributed by atoms with Gasteiger partial charge >= 0.3 is 13.6 Å². The molecule has 16 heavy (non-hydrogen) atoms. The third kappa shape index (κ3) is 7.59. The first-order chi connectivity index (χ1) is 7.03. The minimum absolute atomic E-state index is 0.0910. The molecule has 2 N–H and O–H groups in total. The number of hydrogen-bond acceptors (Lipinski definition) is 3. The highest BCUT2D eigenvalue weighted by Crippen LogP contribution is 2.36. The molecule has 0 saturated heterocycles. The fourth-order valence-electron chi connectivity index (χ4n) is 1.08. The number of nitrogens with zero attached hydrogens (tertiary/aromatic N) is 1. The molecule has 0 heterocycles. The second-order valence-corrected chi connectivity index (χ2v) is 5.99. The number of likely N-dealkylation sites (N-methyl/N-ethyl adjacent to an activating group) is 1. The molecule has 0 spiro atoms. The molecule has 6 nitrogen and oxygen atoms in total. The van der Waals surface area contributed by atoms with Crippen molar-refractivity contribution in [1.82, 2.24) is 0 Å². The molecule has 0 aliphatic rings. The molecule has 0 fully saturated rings. The molecular formula is C9H19NO5P+. The van der Waals surface area contributed by atoms with Gasteiger partial charge in [-0.1, -0.05) is 6.58 Å². The van der Waals surface area contributed by atoms with E-state index in [9.17, 15) is 9.36 Å². The first-order valence-electron chi connectivity index (χ1n) is 4.73. The Bertz CT molecular complexity index is 320. The van der Waals surface area contributed by atoms with Gasteiger partial charge in [-0.15, -0.1) is 0 Å². The van der Waals surface area contributed by atoms with E-state index < -0.39 is 13.6 Å². The second kappa shape index (κ2) is 5.59. The Balaban J connectivity index is 4.06. The van der Waals surface area contributed by atoms with Crippen molar-refractivity contribution >= 4 is 13.6 Å². The maximum Gasteiger partial charge on any atom is 0.379 e. The van der Waals surface area contributed by atoms with E-state index in [-0.39, 0.29) is 17.4 Å². The van der Waals surface area contributed by atoms with Gasteiger partial charge in [-0.05, 0) is 6.92 Å². The van der Waals surface area contributed by atoms with Crippen LogP contribution in [0, 0.1) is 0 Å². The lowest BCUT2D eigenvalue weighted by Crippen LogP contribution is -2.43. The van der Waals surface area contributed by atoms with Crippen molar-refractivity contribution in [2.75, 3.05) is 33.5 Å². The van der Waals surface area contributed by atoms with E-state index in [2.05, 4.69) is 6.58 Å². The smallest absolute Gasteiger partial charge is 0.379 e. The van der Waals surface area contributed by atoms with Crippen molar-refractivity contribution in [3.63, 3.8) is 0 Å². The summed E-state index contributed by atoms with van der Waals surface area (Å²) in [6.45, 7) is 5.41. The third-order valence-corrected chi connectivity index (χ3v) is 2.98. The van der Waals surface area contributed by atoms with Crippen LogP contribution in [0.25, 0.3) is 0 Å². The summed E-state index contributed by atoms with van der Waals surface area (Å²) in [5.41, 5.74) is 0.306. The highest BCUT2D eigenvalue weighted by Gasteiger charge is 2.27. The van der Waals surface area contributed by atoms with Crippen molar-refractivity contribution in [2.24, 2.45) is 0 Å². The zero-order valence-corrected chi connectivity index (χ0v) is 10.7. The molecule has 7 heteroatoms. The molecule has 94 valence electrons. The molecule has 0 bridgehead atoms. The number of ether oxygens (including phenoxy) is 1. The van der Waals surface area contributed by atoms with Crippen LogP contribution in [-0.2, 0) is 14.1 Å². The standard InChI is InChI=1S/C9H18NO5P/c1-8(2)9(11)15-6-5-10(3,4)7-16(12,13)14/h1,5-7H2,2-4H3,(H-,12,13,14)/p+1. The van der Waals surface area contributed by atoms with Crippen LogP contribution in [0.15, 0.2) is 12.2 Å². The van der Waals surface area contributed by atoms with Crippen LogP contribution in [0.4, 0.5) is 0 Å². The molecule has 0 aromatic heterocycles. The molecule has 0 unspecified atom stereocenters. The average Bonchev–Trinajstić information content (AvgIpc) is 1.98. The molecule has 0 aromatic rings. The van der Waals surface area contributed by atoms with E-state index in [4.69, 9.17) is 14.5 Å². The molecule has 0 amide bonds. The van der Waals surface area contributed by atoms with Crippen LogP contribution in [-0.4, -0.2) is 53.8 Å². The van der Waals surface area contributed by atoms with Crippen LogP contribution in [0.5, 0.6) is 0 Å². The summed E-state index contributed by atoms with van der Waals surface area (Å²) in [6.07, 6.45) is -0.280. The van der Waals surface area contributed by atoms with Gasteiger partial charge in [-0.2, -0.15) is 0 Å². The first kappa shape index (κ1) is 15.3. The predicted molar refractivity (Wildman–Crippen MR) is 59.7 cm³/mol. The van der Waals surface area contributed by atoms with Gasteiger partial charge in [-0.25, -0.2) is 4.79 Å². The number of carbonyl (C=O) groups excluding carboxylic acids is 1. The van der Waals surface area contributed by atoms with E-state index in [1.165, 1.54) is 6.92 Å². The molecule has 0 radical (unpaired) electrons. The van der Waals surface area contributed by atoms with Crippen LogP contribution >= 0.6 is 7.60 Å². The maximum atomic E-state index is 11.0. The quantitative estimate of drug-likeness (QED) is 0.308. The van der Waals surface area contributed by atoms with Crippen LogP contribution in [0.3, 0.4) is 0 Å². The zero-order chi connectivity index (χ0) is 13.0. The second-order valence-electron chi connectivity index (χ2n) is 4.38. The van der Waals surface area contributed by atoms with Gasteiger partial charge in [0.2, 0.25) is 0 Å². The summed E-state index contributed by atoms with van der Waals surface area (Å²) in [5.74, 6) is -0.490. The Morgan fingerprint density at radius 3 is 2.31 bits per heavy atom. The molecule has 0 aliphatic heterocycles. The maximum absolute atomic E-state index is 11.0. The number of hydrogen-bond donors (Lipinski definition) is 2. The molecule has 0 rings (SSSR count). The minimum atomic E-state index is -4.06. The monoisotopic (exact) mass is 252 g/mol. The van der Waals surface area contributed by atoms with Crippen molar-refractivity contribution < 1.29 is 28.4 Å². The Morgan fingerprint density at radius 2 is 1.94 bits per heavy atom. The topological polar surface area (TPSA) is 83.8 Å². The molecule has 0 aliphatic carbocycles. The molecule has 0 atom stereocenters. The third-order valence-electron chi connectivity index (χ3n) is 1.85. The van der Waals surface area contributed by atoms with E-state index >= 15 is 0 Å². The van der Waals surface area contributed by atoms with E-state index in [1.807, 2.05) is 0 Å². The fraction of sp³-hybridized carbons (Fsp3) is 0.667. The van der Waals surface area contributed by atoms with E-state index in [1.54, 1.807) is 14.1 Å². The predicted octanol–water partition coefficient (Wildman–Crippen LogP) is 0.317. The van der Waals surface area contributed by atoms with Gasteiger partial charge in [0.25, 0.3) is 0 Å². The summed E-state index contributed by atoms with van der Waals surface area (Å²) in [5, 5.41) is 0. The first-order valence-corrected chi connectivity index (χ1v) is 6.52. The highest BCUT2D eigenvalue weighted by molar-refractivity contribution is 7.51. The fourth-order valence-corrected chi connectivity index (χ4v) is 2.22. The van der Waals surface area contributed by atoms with Gasteiger partial charge in [-0.3, -0.25) is 4.57 Å². The number of quaternary nitrogens is 1. The summed E-state index contributed by atoms with van der Waals surface area (Å²) < 4.78 is 15.7. The van der Waals surface area contributed by atoms with Crippen LogP contribution < -0.4 is 0 Å².